The van der Waals surface area contributed by atoms with E-state index < -0.39 is 0 Å². The molecule has 0 bridgehead atoms. The molecular weight excluding hydrogens is 216 g/mol. The minimum absolute atomic E-state index is 0.277. The van der Waals surface area contributed by atoms with Gasteiger partial charge in [0.05, 0.1) is 5.39 Å². The molecule has 5 heteroatoms. The molecule has 0 radical (unpaired) electrons. The molecular formula is C12H18N4O. The molecule has 5 nitrogen and oxygen atoms in total. The summed E-state index contributed by atoms with van der Waals surface area (Å²) < 4.78 is 0. The summed E-state index contributed by atoms with van der Waals surface area (Å²) in [4.78, 5) is 13.7. The van der Waals surface area contributed by atoms with Crippen LogP contribution in [-0.4, -0.2) is 40.3 Å². The highest BCUT2D eigenvalue weighted by molar-refractivity contribution is 5.87. The van der Waals surface area contributed by atoms with Crippen LogP contribution in [0.3, 0.4) is 0 Å². The molecule has 0 spiro atoms. The van der Waals surface area contributed by atoms with Crippen molar-refractivity contribution in [1.82, 2.24) is 15.0 Å². The number of nitrogens with zero attached hydrogens (tertiary/aromatic N) is 3. The molecule has 2 N–H and O–H groups in total. The molecule has 0 unspecified atom stereocenters. The van der Waals surface area contributed by atoms with Gasteiger partial charge in [-0.05, 0) is 25.3 Å². The molecule has 17 heavy (non-hydrogen) atoms. The second-order valence-electron chi connectivity index (χ2n) is 4.14. The van der Waals surface area contributed by atoms with Crippen molar-refractivity contribution in [2.24, 2.45) is 0 Å². The number of aromatic nitrogens is 3. The largest absolute Gasteiger partial charge is 0.396 e. The number of H-pyrrole nitrogens is 1. The summed E-state index contributed by atoms with van der Waals surface area (Å²) in [5.41, 5.74) is 0.872. The van der Waals surface area contributed by atoms with E-state index in [-0.39, 0.29) is 6.61 Å². The minimum Gasteiger partial charge on any atom is -0.396 e. The van der Waals surface area contributed by atoms with Gasteiger partial charge in [-0.1, -0.05) is 0 Å². The van der Waals surface area contributed by atoms with Gasteiger partial charge in [0.15, 0.2) is 0 Å². The van der Waals surface area contributed by atoms with Gasteiger partial charge in [-0.15, -0.1) is 0 Å². The Morgan fingerprint density at radius 2 is 2.18 bits per heavy atom. The fourth-order valence-electron chi connectivity index (χ4n) is 1.91. The molecule has 2 aromatic rings. The van der Waals surface area contributed by atoms with Gasteiger partial charge in [0.1, 0.15) is 17.8 Å². The predicted molar refractivity (Wildman–Crippen MR) is 68.1 cm³/mol. The molecule has 0 atom stereocenters. The number of aromatic amines is 1. The molecule has 0 saturated carbocycles. The van der Waals surface area contributed by atoms with E-state index in [9.17, 15) is 0 Å². The Bertz CT molecular complexity index is 468. The average molecular weight is 234 g/mol. The van der Waals surface area contributed by atoms with Gasteiger partial charge in [-0.2, -0.15) is 0 Å². The maximum absolute atomic E-state index is 8.72. The number of anilines is 1. The molecule has 0 aliphatic heterocycles. The molecule has 0 fully saturated rings. The van der Waals surface area contributed by atoms with Crippen molar-refractivity contribution in [2.75, 3.05) is 25.1 Å². The number of unbranched alkanes of at least 4 members (excludes halogenated alkanes) is 2. The lowest BCUT2D eigenvalue weighted by atomic mass is 10.2. The highest BCUT2D eigenvalue weighted by atomic mass is 16.2. The summed E-state index contributed by atoms with van der Waals surface area (Å²) in [5.74, 6) is 0.959. The van der Waals surface area contributed by atoms with Gasteiger partial charge < -0.3 is 15.0 Å². The van der Waals surface area contributed by atoms with Crippen molar-refractivity contribution in [3.8, 4) is 0 Å². The average Bonchev–Trinajstić information content (AvgIpc) is 2.82. The van der Waals surface area contributed by atoms with E-state index in [0.717, 1.165) is 42.7 Å². The first-order valence-corrected chi connectivity index (χ1v) is 5.93. The summed E-state index contributed by atoms with van der Waals surface area (Å²) in [6, 6.07) is 1.99. The fraction of sp³-hybridized carbons (Fsp3) is 0.500. The lowest BCUT2D eigenvalue weighted by Gasteiger charge is -2.18. The first kappa shape index (κ1) is 11.9. The summed E-state index contributed by atoms with van der Waals surface area (Å²) in [7, 11) is 2.04. The van der Waals surface area contributed by atoms with Crippen molar-refractivity contribution in [1.29, 1.82) is 0 Å². The van der Waals surface area contributed by atoms with E-state index in [0.29, 0.717) is 0 Å². The molecule has 2 rings (SSSR count). The minimum atomic E-state index is 0.277. The zero-order valence-electron chi connectivity index (χ0n) is 10.1. The molecule has 0 aliphatic carbocycles. The lowest BCUT2D eigenvalue weighted by molar-refractivity contribution is 0.283. The van der Waals surface area contributed by atoms with Gasteiger partial charge in [0.2, 0.25) is 0 Å². The molecule has 0 amide bonds. The topological polar surface area (TPSA) is 65.0 Å². The molecule has 92 valence electrons. The monoisotopic (exact) mass is 234 g/mol. The Hall–Kier alpha value is -1.62. The normalized spacial score (nSPS) is 10.9. The maximum atomic E-state index is 8.72. The smallest absolute Gasteiger partial charge is 0.142 e. The number of rotatable bonds is 6. The second-order valence-corrected chi connectivity index (χ2v) is 4.14. The maximum Gasteiger partial charge on any atom is 0.142 e. The summed E-state index contributed by atoms with van der Waals surface area (Å²) in [6.07, 6.45) is 6.44. The SMILES string of the molecule is CN(CCCCCO)c1ncnc2[nH]ccc12. The molecule has 0 aliphatic rings. The lowest BCUT2D eigenvalue weighted by Crippen LogP contribution is -2.20. The standard InChI is InChI=1S/C12H18N4O/c1-16(7-3-2-4-8-17)12-10-5-6-13-11(10)14-9-15-12/h5-6,9,17H,2-4,7-8H2,1H3,(H,13,14,15). The van der Waals surface area contributed by atoms with E-state index in [4.69, 9.17) is 5.11 Å². The van der Waals surface area contributed by atoms with Crippen molar-refractivity contribution in [3.63, 3.8) is 0 Å². The third-order valence-electron chi connectivity index (χ3n) is 2.85. The van der Waals surface area contributed by atoms with Crippen LogP contribution in [0.2, 0.25) is 0 Å². The summed E-state index contributed by atoms with van der Waals surface area (Å²) in [5, 5.41) is 9.78. The quantitative estimate of drug-likeness (QED) is 0.744. The van der Waals surface area contributed by atoms with Crippen molar-refractivity contribution in [2.45, 2.75) is 19.3 Å². The van der Waals surface area contributed by atoms with E-state index >= 15 is 0 Å². The van der Waals surface area contributed by atoms with E-state index in [1.807, 2.05) is 19.3 Å². The number of aliphatic hydroxyl groups excluding tert-OH is 1. The van der Waals surface area contributed by atoms with Crippen molar-refractivity contribution >= 4 is 16.9 Å². The number of nitrogens with one attached hydrogen (secondary N) is 1. The Morgan fingerprint density at radius 1 is 1.29 bits per heavy atom. The van der Waals surface area contributed by atoms with Crippen LogP contribution in [0.1, 0.15) is 19.3 Å². The molecule has 2 heterocycles. The fourth-order valence-corrected chi connectivity index (χ4v) is 1.91. The third-order valence-corrected chi connectivity index (χ3v) is 2.85. The van der Waals surface area contributed by atoms with Crippen LogP contribution in [0, 0.1) is 0 Å². The van der Waals surface area contributed by atoms with Crippen molar-refractivity contribution in [3.05, 3.63) is 18.6 Å². The molecule has 2 aromatic heterocycles. The zero-order valence-corrected chi connectivity index (χ0v) is 10.1. The highest BCUT2D eigenvalue weighted by Crippen LogP contribution is 2.20. The molecule has 0 saturated heterocycles. The van der Waals surface area contributed by atoms with Gasteiger partial charge in [0, 0.05) is 26.4 Å². The Balaban J connectivity index is 2.03. The Morgan fingerprint density at radius 3 is 3.00 bits per heavy atom. The zero-order chi connectivity index (χ0) is 12.1. The molecule has 0 aromatic carbocycles. The van der Waals surface area contributed by atoms with Crippen LogP contribution in [-0.2, 0) is 0 Å². The second kappa shape index (κ2) is 5.63. The van der Waals surface area contributed by atoms with E-state index in [2.05, 4.69) is 19.9 Å². The first-order valence-electron chi connectivity index (χ1n) is 5.93. The first-order chi connectivity index (χ1) is 8.33. The predicted octanol–water partition coefficient (Wildman–Crippen LogP) is 1.56. The third kappa shape index (κ3) is 2.74. The van der Waals surface area contributed by atoms with Gasteiger partial charge in [-0.25, -0.2) is 9.97 Å². The van der Waals surface area contributed by atoms with Crippen molar-refractivity contribution < 1.29 is 5.11 Å². The number of hydrogen-bond donors (Lipinski definition) is 2. The number of aliphatic hydroxyl groups is 1. The summed E-state index contributed by atoms with van der Waals surface area (Å²) in [6.45, 7) is 1.22. The number of hydrogen-bond acceptors (Lipinski definition) is 4. The van der Waals surface area contributed by atoms with E-state index in [1.165, 1.54) is 0 Å². The number of fused-ring (bicyclic) bond motifs is 1. The van der Waals surface area contributed by atoms with Crippen LogP contribution in [0.4, 0.5) is 5.82 Å². The van der Waals surface area contributed by atoms with Gasteiger partial charge >= 0.3 is 0 Å². The Kier molecular flexibility index (Phi) is 3.93. The van der Waals surface area contributed by atoms with E-state index in [1.54, 1.807) is 6.33 Å². The summed E-state index contributed by atoms with van der Waals surface area (Å²) >= 11 is 0. The highest BCUT2D eigenvalue weighted by Gasteiger charge is 2.08. The van der Waals surface area contributed by atoms with Crippen LogP contribution >= 0.6 is 0 Å². The van der Waals surface area contributed by atoms with Gasteiger partial charge in [0.25, 0.3) is 0 Å². The Labute approximate surface area is 101 Å². The van der Waals surface area contributed by atoms with Crippen LogP contribution in [0.25, 0.3) is 11.0 Å². The van der Waals surface area contributed by atoms with Gasteiger partial charge in [-0.3, -0.25) is 0 Å². The van der Waals surface area contributed by atoms with Crippen LogP contribution in [0.5, 0.6) is 0 Å². The van der Waals surface area contributed by atoms with Crippen LogP contribution < -0.4 is 4.90 Å². The van der Waals surface area contributed by atoms with Crippen LogP contribution in [0.15, 0.2) is 18.6 Å².